The molecule has 1 aromatic heterocycles. The summed E-state index contributed by atoms with van der Waals surface area (Å²) in [5, 5.41) is 5.63. The Hall–Kier alpha value is -1.72. The van der Waals surface area contributed by atoms with Crippen LogP contribution >= 0.6 is 0 Å². The Morgan fingerprint density at radius 3 is 2.81 bits per heavy atom. The molecule has 1 aliphatic rings. The Bertz CT molecular complexity index is 657. The molecule has 0 saturated carbocycles. The first-order valence-corrected chi connectivity index (χ1v) is 7.48. The first-order valence-electron chi connectivity index (χ1n) is 7.48. The molecule has 1 fully saturated rings. The third-order valence-electron chi connectivity index (χ3n) is 4.30. The normalized spacial score (nSPS) is 18.0. The molecule has 1 aromatic carbocycles. The molecule has 1 saturated heterocycles. The van der Waals surface area contributed by atoms with Crippen LogP contribution in [-0.4, -0.2) is 34.3 Å². The Balaban J connectivity index is 1.89. The van der Waals surface area contributed by atoms with E-state index in [-0.39, 0.29) is 5.78 Å². The predicted molar refractivity (Wildman–Crippen MR) is 81.1 cm³/mol. The molecule has 21 heavy (non-hydrogen) atoms. The summed E-state index contributed by atoms with van der Waals surface area (Å²) in [6, 6.07) is 8.02. The number of hydrogen-bond acceptors (Lipinski definition) is 4. The lowest BCUT2D eigenvalue weighted by molar-refractivity contribution is -0.126. The number of hydrogen-bond donors (Lipinski definition) is 1. The fraction of sp³-hybridized carbons (Fsp3) is 0.500. The Kier molecular flexibility index (Phi) is 3.78. The van der Waals surface area contributed by atoms with E-state index in [0.29, 0.717) is 32.5 Å². The number of nitrogens with two attached hydrogens (primary N) is 1. The third-order valence-corrected chi connectivity index (χ3v) is 4.30. The van der Waals surface area contributed by atoms with Crippen LogP contribution in [0.15, 0.2) is 24.3 Å². The summed E-state index contributed by atoms with van der Waals surface area (Å²) in [5.74, 6) is 0.0670. The van der Waals surface area contributed by atoms with Gasteiger partial charge in [-0.05, 0) is 25.8 Å². The van der Waals surface area contributed by atoms with E-state index in [2.05, 4.69) is 5.10 Å². The van der Waals surface area contributed by atoms with Crippen molar-refractivity contribution >= 4 is 16.7 Å². The molecule has 0 bridgehead atoms. The molecule has 2 heterocycles. The number of carbonyl (C=O) groups is 1. The van der Waals surface area contributed by atoms with E-state index in [1.807, 2.05) is 35.9 Å². The molecule has 0 spiro atoms. The molecule has 0 radical (unpaired) electrons. The zero-order valence-electron chi connectivity index (χ0n) is 12.3. The standard InChI is InChI=1S/C16H21N3O2/c1-2-19-14-6-4-3-5-12(14)13(18-19)11-15(20)16(17)7-9-21-10-8-16/h3-6H,2,7-11,17H2,1H3. The number of aryl methyl sites for hydroxylation is 1. The van der Waals surface area contributed by atoms with Gasteiger partial charge in [0.1, 0.15) is 0 Å². The number of carbonyl (C=O) groups excluding carboxylic acids is 1. The molecular weight excluding hydrogens is 266 g/mol. The van der Waals surface area contributed by atoms with Gasteiger partial charge in [0.15, 0.2) is 5.78 Å². The summed E-state index contributed by atoms with van der Waals surface area (Å²) < 4.78 is 7.24. The van der Waals surface area contributed by atoms with Gasteiger partial charge in [0.2, 0.25) is 0 Å². The van der Waals surface area contributed by atoms with Gasteiger partial charge >= 0.3 is 0 Å². The van der Waals surface area contributed by atoms with Gasteiger partial charge in [-0.25, -0.2) is 0 Å². The quantitative estimate of drug-likeness (QED) is 0.928. The maximum absolute atomic E-state index is 12.6. The number of para-hydroxylation sites is 1. The molecule has 5 heteroatoms. The number of aromatic nitrogens is 2. The number of ether oxygens (including phenoxy) is 1. The number of benzene rings is 1. The lowest BCUT2D eigenvalue weighted by Crippen LogP contribution is -2.52. The minimum Gasteiger partial charge on any atom is -0.381 e. The van der Waals surface area contributed by atoms with Gasteiger partial charge < -0.3 is 10.5 Å². The maximum Gasteiger partial charge on any atom is 0.158 e. The van der Waals surface area contributed by atoms with E-state index in [4.69, 9.17) is 10.5 Å². The summed E-state index contributed by atoms with van der Waals surface area (Å²) in [4.78, 5) is 12.6. The highest BCUT2D eigenvalue weighted by molar-refractivity contribution is 5.93. The first-order chi connectivity index (χ1) is 10.1. The summed E-state index contributed by atoms with van der Waals surface area (Å²) in [5.41, 5.74) is 7.41. The predicted octanol–water partition coefficient (Wildman–Crippen LogP) is 1.68. The van der Waals surface area contributed by atoms with Crippen LogP contribution in [0.3, 0.4) is 0 Å². The molecular formula is C16H21N3O2. The minimum atomic E-state index is -0.755. The smallest absolute Gasteiger partial charge is 0.158 e. The second-order valence-corrected chi connectivity index (χ2v) is 5.65. The SMILES string of the molecule is CCn1nc(CC(=O)C2(N)CCOCC2)c2ccccc21. The Morgan fingerprint density at radius 2 is 2.10 bits per heavy atom. The summed E-state index contributed by atoms with van der Waals surface area (Å²) in [7, 11) is 0. The zero-order valence-corrected chi connectivity index (χ0v) is 12.3. The molecule has 0 atom stereocenters. The van der Waals surface area contributed by atoms with Crippen LogP contribution in [0.5, 0.6) is 0 Å². The molecule has 0 aliphatic carbocycles. The number of fused-ring (bicyclic) bond motifs is 1. The first kappa shape index (κ1) is 14.2. The molecule has 1 aliphatic heterocycles. The topological polar surface area (TPSA) is 70.1 Å². The van der Waals surface area contributed by atoms with Crippen LogP contribution in [-0.2, 0) is 22.5 Å². The largest absolute Gasteiger partial charge is 0.381 e. The van der Waals surface area contributed by atoms with Crippen molar-refractivity contribution in [1.82, 2.24) is 9.78 Å². The molecule has 0 unspecified atom stereocenters. The highest BCUT2D eigenvalue weighted by Gasteiger charge is 2.36. The van der Waals surface area contributed by atoms with Crippen molar-refractivity contribution in [3.05, 3.63) is 30.0 Å². The number of Topliss-reactive ketones (excluding diaryl/α,β-unsaturated/α-hetero) is 1. The number of nitrogens with zero attached hydrogens (tertiary/aromatic N) is 2. The van der Waals surface area contributed by atoms with Gasteiger partial charge in [-0.2, -0.15) is 5.10 Å². The highest BCUT2D eigenvalue weighted by Crippen LogP contribution is 2.24. The van der Waals surface area contributed by atoms with E-state index in [9.17, 15) is 4.79 Å². The van der Waals surface area contributed by atoms with E-state index >= 15 is 0 Å². The molecule has 2 aromatic rings. The number of rotatable bonds is 4. The lowest BCUT2D eigenvalue weighted by Gasteiger charge is -2.31. The van der Waals surface area contributed by atoms with Crippen molar-refractivity contribution in [2.75, 3.05) is 13.2 Å². The Labute approximate surface area is 124 Å². The Morgan fingerprint density at radius 1 is 1.38 bits per heavy atom. The van der Waals surface area contributed by atoms with Crippen LogP contribution in [0, 0.1) is 0 Å². The summed E-state index contributed by atoms with van der Waals surface area (Å²) in [6.07, 6.45) is 1.49. The van der Waals surface area contributed by atoms with E-state index in [0.717, 1.165) is 23.1 Å². The van der Waals surface area contributed by atoms with Gasteiger partial charge in [0.25, 0.3) is 0 Å². The maximum atomic E-state index is 12.6. The van der Waals surface area contributed by atoms with Gasteiger partial charge in [-0.15, -0.1) is 0 Å². The average Bonchev–Trinajstić information content (AvgIpc) is 2.86. The zero-order chi connectivity index (χ0) is 14.9. The van der Waals surface area contributed by atoms with E-state index < -0.39 is 5.54 Å². The van der Waals surface area contributed by atoms with E-state index in [1.165, 1.54) is 0 Å². The summed E-state index contributed by atoms with van der Waals surface area (Å²) in [6.45, 7) is 3.96. The fourth-order valence-corrected chi connectivity index (χ4v) is 2.91. The molecule has 3 rings (SSSR count). The van der Waals surface area contributed by atoms with Gasteiger partial charge in [-0.1, -0.05) is 18.2 Å². The van der Waals surface area contributed by atoms with Crippen molar-refractivity contribution in [2.45, 2.75) is 38.3 Å². The van der Waals surface area contributed by atoms with Crippen LogP contribution in [0.4, 0.5) is 0 Å². The van der Waals surface area contributed by atoms with Crippen LogP contribution in [0.2, 0.25) is 0 Å². The second-order valence-electron chi connectivity index (χ2n) is 5.65. The average molecular weight is 287 g/mol. The van der Waals surface area contributed by atoms with Crippen molar-refractivity contribution in [3.63, 3.8) is 0 Å². The summed E-state index contributed by atoms with van der Waals surface area (Å²) >= 11 is 0. The van der Waals surface area contributed by atoms with Gasteiger partial charge in [0.05, 0.1) is 23.2 Å². The molecule has 5 nitrogen and oxygen atoms in total. The van der Waals surface area contributed by atoms with E-state index in [1.54, 1.807) is 0 Å². The van der Waals surface area contributed by atoms with Crippen molar-refractivity contribution in [3.8, 4) is 0 Å². The van der Waals surface area contributed by atoms with Crippen LogP contribution < -0.4 is 5.73 Å². The molecule has 0 amide bonds. The monoisotopic (exact) mass is 287 g/mol. The van der Waals surface area contributed by atoms with Crippen molar-refractivity contribution in [2.24, 2.45) is 5.73 Å². The second kappa shape index (κ2) is 5.58. The molecule has 2 N–H and O–H groups in total. The highest BCUT2D eigenvalue weighted by atomic mass is 16.5. The van der Waals surface area contributed by atoms with Crippen LogP contribution in [0.25, 0.3) is 10.9 Å². The van der Waals surface area contributed by atoms with Gasteiger partial charge in [0, 0.05) is 25.1 Å². The van der Waals surface area contributed by atoms with Crippen molar-refractivity contribution < 1.29 is 9.53 Å². The third kappa shape index (κ3) is 2.59. The lowest BCUT2D eigenvalue weighted by atomic mass is 9.84. The minimum absolute atomic E-state index is 0.0670. The van der Waals surface area contributed by atoms with Gasteiger partial charge in [-0.3, -0.25) is 9.48 Å². The van der Waals surface area contributed by atoms with Crippen molar-refractivity contribution in [1.29, 1.82) is 0 Å². The number of ketones is 1. The molecule has 112 valence electrons. The van der Waals surface area contributed by atoms with Crippen LogP contribution in [0.1, 0.15) is 25.5 Å². The fourth-order valence-electron chi connectivity index (χ4n) is 2.91.